The van der Waals surface area contributed by atoms with E-state index in [0.29, 0.717) is 0 Å². The number of rotatable bonds is 5. The molecule has 2 aromatic carbocycles. The molecular formula is C22H27NO2S. The number of hydrogen-bond acceptors (Lipinski definition) is 4. The Balaban J connectivity index is 1.41. The van der Waals surface area contributed by atoms with Crippen LogP contribution >= 0.6 is 11.8 Å². The molecule has 0 fully saturated rings. The minimum absolute atomic E-state index is 0.155. The Hall–Kier alpha value is -1.65. The first kappa shape index (κ1) is 17.7. The topological polar surface area (TPSA) is 21.7 Å². The summed E-state index contributed by atoms with van der Waals surface area (Å²) in [5, 5.41) is 0. The van der Waals surface area contributed by atoms with Crippen LogP contribution in [0.1, 0.15) is 43.9 Å². The van der Waals surface area contributed by atoms with Gasteiger partial charge in [-0.2, -0.15) is 0 Å². The quantitative estimate of drug-likeness (QED) is 0.671. The van der Waals surface area contributed by atoms with Crippen LogP contribution in [0, 0.1) is 0 Å². The molecule has 26 heavy (non-hydrogen) atoms. The Labute approximate surface area is 160 Å². The summed E-state index contributed by atoms with van der Waals surface area (Å²) in [6.45, 7) is 8.76. The van der Waals surface area contributed by atoms with E-state index in [1.807, 2.05) is 24.8 Å². The molecule has 0 radical (unpaired) electrons. The fourth-order valence-corrected chi connectivity index (χ4v) is 4.28. The van der Waals surface area contributed by atoms with Crippen molar-refractivity contribution < 1.29 is 9.47 Å². The molecule has 0 amide bonds. The molecule has 1 atom stereocenters. The second-order valence-electron chi connectivity index (χ2n) is 7.89. The zero-order chi connectivity index (χ0) is 18.3. The first-order valence-corrected chi connectivity index (χ1v) is 10.5. The monoisotopic (exact) mass is 369 g/mol. The Bertz CT molecular complexity index is 818. The van der Waals surface area contributed by atoms with Gasteiger partial charge in [0.1, 0.15) is 0 Å². The van der Waals surface area contributed by atoms with Crippen LogP contribution in [0.2, 0.25) is 0 Å². The third-order valence-corrected chi connectivity index (χ3v) is 6.34. The molecule has 0 aromatic heterocycles. The van der Waals surface area contributed by atoms with Gasteiger partial charge in [-0.25, -0.2) is 0 Å². The predicted octanol–water partition coefficient (Wildman–Crippen LogP) is 5.25. The lowest BCUT2D eigenvalue weighted by Gasteiger charge is -2.35. The van der Waals surface area contributed by atoms with Crippen molar-refractivity contribution in [3.05, 3.63) is 53.1 Å². The van der Waals surface area contributed by atoms with Crippen molar-refractivity contribution in [2.75, 3.05) is 6.26 Å². The minimum atomic E-state index is -0.175. The standard InChI is InChI=1S/C22H27NO2S/c1-15-24-20-8-5-16(11-21(20)25-15)9-10-22(2,3)23-13-17-6-7-19(26-4)12-18(17)14-23/h5-8,11-12,15H,9-10,13-14H2,1-4H3. The summed E-state index contributed by atoms with van der Waals surface area (Å²) < 4.78 is 11.3. The fraction of sp³-hybridized carbons (Fsp3) is 0.455. The van der Waals surface area contributed by atoms with Crippen molar-refractivity contribution in [1.82, 2.24) is 4.90 Å². The van der Waals surface area contributed by atoms with Gasteiger partial charge in [0.05, 0.1) is 0 Å². The molecule has 3 nitrogen and oxygen atoms in total. The molecule has 138 valence electrons. The van der Waals surface area contributed by atoms with Crippen molar-refractivity contribution in [3.8, 4) is 11.5 Å². The van der Waals surface area contributed by atoms with Crippen molar-refractivity contribution in [2.24, 2.45) is 0 Å². The van der Waals surface area contributed by atoms with E-state index >= 15 is 0 Å². The summed E-state index contributed by atoms with van der Waals surface area (Å²) in [5.74, 6) is 1.74. The van der Waals surface area contributed by atoms with Gasteiger partial charge < -0.3 is 9.47 Å². The van der Waals surface area contributed by atoms with E-state index in [1.165, 1.54) is 21.6 Å². The Morgan fingerprint density at radius 3 is 2.62 bits per heavy atom. The number of fused-ring (bicyclic) bond motifs is 2. The van der Waals surface area contributed by atoms with Gasteiger partial charge in [0.2, 0.25) is 6.29 Å². The highest BCUT2D eigenvalue weighted by molar-refractivity contribution is 7.98. The molecule has 0 N–H and O–H groups in total. The molecule has 1 unspecified atom stereocenters. The molecule has 4 heteroatoms. The van der Waals surface area contributed by atoms with Gasteiger partial charge in [0, 0.05) is 30.4 Å². The lowest BCUT2D eigenvalue weighted by atomic mass is 9.93. The van der Waals surface area contributed by atoms with E-state index in [1.54, 1.807) is 0 Å². The molecule has 0 spiro atoms. The maximum atomic E-state index is 5.71. The molecule has 2 aliphatic heterocycles. The number of hydrogen-bond donors (Lipinski definition) is 0. The van der Waals surface area contributed by atoms with Gasteiger partial charge in [-0.3, -0.25) is 4.90 Å². The Morgan fingerprint density at radius 2 is 1.81 bits per heavy atom. The summed E-state index contributed by atoms with van der Waals surface area (Å²) in [5.41, 5.74) is 4.44. The Morgan fingerprint density at radius 1 is 1.04 bits per heavy atom. The largest absolute Gasteiger partial charge is 0.451 e. The molecule has 0 aliphatic carbocycles. The molecule has 4 rings (SSSR count). The number of thioether (sulfide) groups is 1. The highest BCUT2D eigenvalue weighted by atomic mass is 32.2. The van der Waals surface area contributed by atoms with Crippen molar-refractivity contribution >= 4 is 11.8 Å². The molecule has 2 heterocycles. The fourth-order valence-electron chi connectivity index (χ4n) is 3.81. The van der Waals surface area contributed by atoms with Gasteiger partial charge >= 0.3 is 0 Å². The maximum Gasteiger partial charge on any atom is 0.238 e. The molecule has 2 aliphatic rings. The van der Waals surface area contributed by atoms with Crippen LogP contribution in [-0.4, -0.2) is 23.0 Å². The normalized spacial score (nSPS) is 19.0. The number of benzene rings is 2. The first-order valence-electron chi connectivity index (χ1n) is 9.32. The van der Waals surface area contributed by atoms with Gasteiger partial charge in [0.25, 0.3) is 0 Å². The Kier molecular flexibility index (Phi) is 4.66. The highest BCUT2D eigenvalue weighted by Crippen LogP contribution is 2.37. The summed E-state index contributed by atoms with van der Waals surface area (Å²) in [4.78, 5) is 3.97. The third kappa shape index (κ3) is 3.45. The van der Waals surface area contributed by atoms with Gasteiger partial charge in [-0.05, 0) is 73.9 Å². The van der Waals surface area contributed by atoms with Crippen molar-refractivity contribution in [2.45, 2.75) is 63.4 Å². The molecule has 0 bridgehead atoms. The lowest BCUT2D eigenvalue weighted by molar-refractivity contribution is 0.0678. The zero-order valence-electron chi connectivity index (χ0n) is 16.0. The molecule has 0 saturated heterocycles. The van der Waals surface area contributed by atoms with E-state index in [0.717, 1.165) is 37.4 Å². The van der Waals surface area contributed by atoms with Crippen molar-refractivity contribution in [3.63, 3.8) is 0 Å². The predicted molar refractivity (Wildman–Crippen MR) is 107 cm³/mol. The van der Waals surface area contributed by atoms with Gasteiger partial charge in [-0.1, -0.05) is 12.1 Å². The van der Waals surface area contributed by atoms with Crippen LogP contribution in [0.4, 0.5) is 0 Å². The lowest BCUT2D eigenvalue weighted by Crippen LogP contribution is -2.40. The molecule has 0 saturated carbocycles. The molecule has 2 aromatic rings. The summed E-state index contributed by atoms with van der Waals surface area (Å²) in [6.07, 6.45) is 4.13. The van der Waals surface area contributed by atoms with E-state index in [2.05, 4.69) is 55.3 Å². The average molecular weight is 370 g/mol. The summed E-state index contributed by atoms with van der Waals surface area (Å²) >= 11 is 1.82. The zero-order valence-corrected chi connectivity index (χ0v) is 16.9. The van der Waals surface area contributed by atoms with Crippen LogP contribution in [-0.2, 0) is 19.5 Å². The number of ether oxygens (including phenoxy) is 2. The number of aryl methyl sites for hydroxylation is 1. The van der Waals surface area contributed by atoms with E-state index in [-0.39, 0.29) is 11.8 Å². The van der Waals surface area contributed by atoms with Crippen LogP contribution in [0.5, 0.6) is 11.5 Å². The van der Waals surface area contributed by atoms with Gasteiger partial charge in [-0.15, -0.1) is 11.8 Å². The summed E-state index contributed by atoms with van der Waals surface area (Å²) in [6, 6.07) is 13.2. The van der Waals surface area contributed by atoms with Crippen LogP contribution in [0.15, 0.2) is 41.3 Å². The van der Waals surface area contributed by atoms with Gasteiger partial charge in [0.15, 0.2) is 11.5 Å². The van der Waals surface area contributed by atoms with Crippen molar-refractivity contribution in [1.29, 1.82) is 0 Å². The maximum absolute atomic E-state index is 5.71. The van der Waals surface area contributed by atoms with Crippen LogP contribution in [0.3, 0.4) is 0 Å². The van der Waals surface area contributed by atoms with E-state index in [4.69, 9.17) is 9.47 Å². The third-order valence-electron chi connectivity index (χ3n) is 5.61. The van der Waals surface area contributed by atoms with Crippen LogP contribution in [0.25, 0.3) is 0 Å². The first-order chi connectivity index (χ1) is 12.4. The van der Waals surface area contributed by atoms with E-state index < -0.39 is 0 Å². The van der Waals surface area contributed by atoms with Crippen LogP contribution < -0.4 is 9.47 Å². The minimum Gasteiger partial charge on any atom is -0.451 e. The molecular weight excluding hydrogens is 342 g/mol. The SMILES string of the molecule is CSc1ccc2c(c1)CN(C(C)(C)CCc1ccc3c(c1)OC(C)O3)C2. The highest BCUT2D eigenvalue weighted by Gasteiger charge is 2.31. The average Bonchev–Trinajstić information content (AvgIpc) is 3.21. The number of nitrogens with zero attached hydrogens (tertiary/aromatic N) is 1. The smallest absolute Gasteiger partial charge is 0.238 e. The van der Waals surface area contributed by atoms with E-state index in [9.17, 15) is 0 Å². The summed E-state index contributed by atoms with van der Waals surface area (Å²) in [7, 11) is 0. The second-order valence-corrected chi connectivity index (χ2v) is 8.77. The second kappa shape index (κ2) is 6.82.